The van der Waals surface area contributed by atoms with E-state index in [1.54, 1.807) is 0 Å². The Morgan fingerprint density at radius 3 is 2.74 bits per heavy atom. The number of nitrogens with zero attached hydrogens (tertiary/aromatic N) is 4. The quantitative estimate of drug-likeness (QED) is 0.688. The Bertz CT molecular complexity index is 887. The zero-order valence-electron chi connectivity index (χ0n) is 15.7. The van der Waals surface area contributed by atoms with E-state index in [-0.39, 0.29) is 5.82 Å². The van der Waals surface area contributed by atoms with Crippen molar-refractivity contribution in [1.29, 1.82) is 0 Å². The van der Waals surface area contributed by atoms with E-state index in [0.717, 1.165) is 37.3 Å². The van der Waals surface area contributed by atoms with Crippen LogP contribution >= 0.6 is 0 Å². The van der Waals surface area contributed by atoms with Gasteiger partial charge in [-0.05, 0) is 49.2 Å². The molecule has 140 valence electrons. The molecule has 3 heterocycles. The lowest BCUT2D eigenvalue weighted by Gasteiger charge is -2.32. The fourth-order valence-corrected chi connectivity index (χ4v) is 3.89. The van der Waals surface area contributed by atoms with Gasteiger partial charge in [0.25, 0.3) is 0 Å². The fourth-order valence-electron chi connectivity index (χ4n) is 3.89. The van der Waals surface area contributed by atoms with Crippen molar-refractivity contribution in [3.63, 3.8) is 0 Å². The van der Waals surface area contributed by atoms with Gasteiger partial charge in [-0.3, -0.25) is 14.6 Å². The van der Waals surface area contributed by atoms with Crippen LogP contribution in [0.5, 0.6) is 0 Å². The van der Waals surface area contributed by atoms with Crippen LogP contribution in [0.4, 0.5) is 4.39 Å². The van der Waals surface area contributed by atoms with Crippen molar-refractivity contribution in [2.75, 3.05) is 13.1 Å². The molecule has 0 bridgehead atoms. The second-order valence-corrected chi connectivity index (χ2v) is 7.45. The van der Waals surface area contributed by atoms with E-state index < -0.39 is 0 Å². The molecule has 3 aromatic rings. The van der Waals surface area contributed by atoms with Gasteiger partial charge in [-0.15, -0.1) is 0 Å². The number of benzene rings is 1. The van der Waals surface area contributed by atoms with Crippen LogP contribution < -0.4 is 0 Å². The molecule has 27 heavy (non-hydrogen) atoms. The van der Waals surface area contributed by atoms with Crippen LogP contribution in [0, 0.1) is 5.82 Å². The minimum atomic E-state index is -0.198. The van der Waals surface area contributed by atoms with Crippen molar-refractivity contribution in [3.05, 3.63) is 83.2 Å². The average Bonchev–Trinajstić information content (AvgIpc) is 3.09. The molecule has 1 aliphatic rings. The summed E-state index contributed by atoms with van der Waals surface area (Å²) in [4.78, 5) is 7.42. The summed E-state index contributed by atoms with van der Waals surface area (Å²) < 4.78 is 15.0. The second-order valence-electron chi connectivity index (χ2n) is 7.45. The molecule has 0 spiro atoms. The number of aromatic nitrogens is 3. The summed E-state index contributed by atoms with van der Waals surface area (Å²) in [6.45, 7) is 3.10. The number of likely N-dealkylation sites (tertiary alicyclic amines) is 1. The van der Waals surface area contributed by atoms with Crippen molar-refractivity contribution < 1.29 is 4.39 Å². The fraction of sp³-hybridized carbons (Fsp3) is 0.364. The van der Waals surface area contributed by atoms with Crippen LogP contribution in [-0.4, -0.2) is 32.8 Å². The lowest BCUT2D eigenvalue weighted by molar-refractivity contribution is 0.198. The molecule has 1 fully saturated rings. The van der Waals surface area contributed by atoms with Gasteiger partial charge in [0.1, 0.15) is 5.82 Å². The first-order valence-corrected chi connectivity index (χ1v) is 9.56. The van der Waals surface area contributed by atoms with Gasteiger partial charge in [0, 0.05) is 55.6 Å². The molecule has 4 rings (SSSR count). The van der Waals surface area contributed by atoms with Crippen LogP contribution in [0.3, 0.4) is 0 Å². The summed E-state index contributed by atoms with van der Waals surface area (Å²) in [6.07, 6.45) is 7.14. The van der Waals surface area contributed by atoms with Crippen molar-refractivity contribution in [2.45, 2.75) is 31.7 Å². The van der Waals surface area contributed by atoms with E-state index >= 15 is 0 Å². The SMILES string of the molecule is Cn1cc(CN2CCC[C@@H](c3cccc(Cc4ccc(F)cc4)n3)C2)cn1. The molecule has 5 heteroatoms. The minimum Gasteiger partial charge on any atom is -0.298 e. The molecule has 0 aliphatic carbocycles. The van der Waals surface area contributed by atoms with Crippen molar-refractivity contribution >= 4 is 0 Å². The first-order valence-electron chi connectivity index (χ1n) is 9.56. The molecule has 1 aliphatic heterocycles. The molecule has 1 saturated heterocycles. The molecule has 0 amide bonds. The Morgan fingerprint density at radius 2 is 1.96 bits per heavy atom. The summed E-state index contributed by atoms with van der Waals surface area (Å²) in [6, 6.07) is 13.0. The second kappa shape index (κ2) is 8.01. The highest BCUT2D eigenvalue weighted by Gasteiger charge is 2.22. The topological polar surface area (TPSA) is 34.0 Å². The standard InChI is InChI=1S/C22H25FN4/c1-26-14-18(13-24-26)15-27-11-3-4-19(16-27)22-6-2-5-21(25-22)12-17-7-9-20(23)10-8-17/h2,5-10,13-14,19H,3-4,11-12,15-16H2,1H3/t19-/m1/s1. The van der Waals surface area contributed by atoms with Crippen molar-refractivity contribution in [1.82, 2.24) is 19.7 Å². The molecule has 2 aromatic heterocycles. The van der Waals surface area contributed by atoms with E-state index in [1.807, 2.05) is 30.1 Å². The largest absolute Gasteiger partial charge is 0.298 e. The van der Waals surface area contributed by atoms with Gasteiger partial charge >= 0.3 is 0 Å². The van der Waals surface area contributed by atoms with Gasteiger partial charge in [0.05, 0.1) is 6.20 Å². The number of piperidine rings is 1. The maximum Gasteiger partial charge on any atom is 0.123 e. The molecule has 0 unspecified atom stereocenters. The third kappa shape index (κ3) is 4.61. The number of pyridine rings is 1. The molecule has 4 nitrogen and oxygen atoms in total. The van der Waals surface area contributed by atoms with Crippen LogP contribution in [-0.2, 0) is 20.0 Å². The van der Waals surface area contributed by atoms with Crippen LogP contribution in [0.15, 0.2) is 54.9 Å². The maximum atomic E-state index is 13.1. The first-order chi connectivity index (χ1) is 13.2. The summed E-state index contributed by atoms with van der Waals surface area (Å²) >= 11 is 0. The Labute approximate surface area is 159 Å². The van der Waals surface area contributed by atoms with Gasteiger partial charge in [-0.1, -0.05) is 18.2 Å². The monoisotopic (exact) mass is 364 g/mol. The lowest BCUT2D eigenvalue weighted by Crippen LogP contribution is -2.34. The number of hydrogen-bond donors (Lipinski definition) is 0. The highest BCUT2D eigenvalue weighted by Crippen LogP contribution is 2.27. The van der Waals surface area contributed by atoms with Gasteiger partial charge in [-0.2, -0.15) is 5.10 Å². The van der Waals surface area contributed by atoms with Crippen LogP contribution in [0.2, 0.25) is 0 Å². The highest BCUT2D eigenvalue weighted by molar-refractivity contribution is 5.24. The normalized spacial score (nSPS) is 17.9. The molecule has 0 N–H and O–H groups in total. The smallest absolute Gasteiger partial charge is 0.123 e. The summed E-state index contributed by atoms with van der Waals surface area (Å²) in [5.41, 5.74) is 4.56. The Balaban J connectivity index is 1.43. The highest BCUT2D eigenvalue weighted by atomic mass is 19.1. The van der Waals surface area contributed by atoms with Crippen molar-refractivity contribution in [2.24, 2.45) is 7.05 Å². The van der Waals surface area contributed by atoms with Gasteiger partial charge in [0.15, 0.2) is 0 Å². The average molecular weight is 364 g/mol. The van der Waals surface area contributed by atoms with E-state index in [1.165, 1.54) is 36.2 Å². The van der Waals surface area contributed by atoms with Crippen LogP contribution in [0.1, 0.15) is 41.3 Å². The van der Waals surface area contributed by atoms with E-state index in [0.29, 0.717) is 5.92 Å². The predicted molar refractivity (Wildman–Crippen MR) is 104 cm³/mol. The van der Waals surface area contributed by atoms with Gasteiger partial charge in [0.2, 0.25) is 0 Å². The van der Waals surface area contributed by atoms with Gasteiger partial charge in [-0.25, -0.2) is 4.39 Å². The summed E-state index contributed by atoms with van der Waals surface area (Å²) in [7, 11) is 1.96. The summed E-state index contributed by atoms with van der Waals surface area (Å²) in [5.74, 6) is 0.264. The third-order valence-corrected chi connectivity index (χ3v) is 5.22. The van der Waals surface area contributed by atoms with Gasteiger partial charge < -0.3 is 0 Å². The van der Waals surface area contributed by atoms with Crippen LogP contribution in [0.25, 0.3) is 0 Å². The number of halogens is 1. The third-order valence-electron chi connectivity index (χ3n) is 5.22. The first kappa shape index (κ1) is 17.9. The minimum absolute atomic E-state index is 0.198. The van der Waals surface area contributed by atoms with E-state index in [2.05, 4.69) is 34.4 Å². The Hall–Kier alpha value is -2.53. The lowest BCUT2D eigenvalue weighted by atomic mass is 9.93. The molecule has 0 saturated carbocycles. The maximum absolute atomic E-state index is 13.1. The van der Waals surface area contributed by atoms with Crippen molar-refractivity contribution in [3.8, 4) is 0 Å². The zero-order chi connectivity index (χ0) is 18.6. The number of aryl methyl sites for hydroxylation is 1. The Kier molecular flexibility index (Phi) is 5.30. The molecule has 1 aromatic carbocycles. The van der Waals surface area contributed by atoms with E-state index in [9.17, 15) is 4.39 Å². The molecule has 1 atom stereocenters. The molecular weight excluding hydrogens is 339 g/mol. The Morgan fingerprint density at radius 1 is 1.11 bits per heavy atom. The van der Waals surface area contributed by atoms with E-state index in [4.69, 9.17) is 4.98 Å². The number of hydrogen-bond acceptors (Lipinski definition) is 3. The number of rotatable bonds is 5. The molecule has 0 radical (unpaired) electrons. The molecular formula is C22H25FN4. The zero-order valence-corrected chi connectivity index (χ0v) is 15.7. The predicted octanol–water partition coefficient (Wildman–Crippen LogP) is 3.92. The summed E-state index contributed by atoms with van der Waals surface area (Å²) in [5, 5.41) is 4.27.